The normalized spacial score (nSPS) is 17.9. The van der Waals surface area contributed by atoms with E-state index in [-0.39, 0.29) is 5.56 Å². The number of nitrogens with one attached hydrogen (secondary N) is 1. The Balaban J connectivity index is 1.51. The molecule has 0 saturated carbocycles. The summed E-state index contributed by atoms with van der Waals surface area (Å²) in [5.74, 6) is 0. The lowest BCUT2D eigenvalue weighted by atomic mass is 10.00. The fourth-order valence-corrected chi connectivity index (χ4v) is 4.02. The van der Waals surface area contributed by atoms with Gasteiger partial charge in [0.05, 0.1) is 5.52 Å². The van der Waals surface area contributed by atoms with Crippen LogP contribution in [-0.4, -0.2) is 35.6 Å². The minimum Gasteiger partial charge on any atom is -0.311 e. The van der Waals surface area contributed by atoms with Crippen molar-refractivity contribution in [2.45, 2.75) is 38.8 Å². The van der Waals surface area contributed by atoms with Crippen molar-refractivity contribution in [2.24, 2.45) is 0 Å². The fourth-order valence-electron chi connectivity index (χ4n) is 4.02. The molecule has 1 aromatic carbocycles. The standard InChI is InChI=1S/C19H25N3O/c23-19-17(14-20-8-12-21-9-1-2-10-21)13-16-6-3-5-15-7-4-11-22(19)18(15)16/h3,5-6,13,20H,1-2,4,7-12,14H2. The number of aryl methyl sites for hydroxylation is 2. The number of hydrogen-bond acceptors (Lipinski definition) is 3. The van der Waals surface area contributed by atoms with Gasteiger partial charge < -0.3 is 14.8 Å². The molecule has 3 heterocycles. The van der Waals surface area contributed by atoms with Gasteiger partial charge >= 0.3 is 0 Å². The lowest BCUT2D eigenvalue weighted by molar-refractivity contribution is 0.335. The molecule has 2 aliphatic heterocycles. The van der Waals surface area contributed by atoms with E-state index >= 15 is 0 Å². The number of benzene rings is 1. The summed E-state index contributed by atoms with van der Waals surface area (Å²) in [6.07, 6.45) is 4.82. The smallest absolute Gasteiger partial charge is 0.255 e. The quantitative estimate of drug-likeness (QED) is 0.860. The Kier molecular flexibility index (Phi) is 4.19. The fraction of sp³-hybridized carbons (Fsp3) is 0.526. The van der Waals surface area contributed by atoms with E-state index in [1.54, 1.807) is 0 Å². The molecule has 0 unspecified atom stereocenters. The lowest BCUT2D eigenvalue weighted by Crippen LogP contribution is -2.33. The Hall–Kier alpha value is -1.65. The summed E-state index contributed by atoms with van der Waals surface area (Å²) in [4.78, 5) is 15.3. The van der Waals surface area contributed by atoms with Crippen LogP contribution >= 0.6 is 0 Å². The van der Waals surface area contributed by atoms with Crippen molar-refractivity contribution in [2.75, 3.05) is 26.2 Å². The molecular weight excluding hydrogens is 286 g/mol. The molecule has 0 spiro atoms. The van der Waals surface area contributed by atoms with Crippen molar-refractivity contribution in [3.63, 3.8) is 0 Å². The van der Waals surface area contributed by atoms with Gasteiger partial charge in [-0.3, -0.25) is 4.79 Å². The monoisotopic (exact) mass is 311 g/mol. The molecule has 4 nitrogen and oxygen atoms in total. The van der Waals surface area contributed by atoms with Crippen LogP contribution in [0.5, 0.6) is 0 Å². The van der Waals surface area contributed by atoms with Crippen LogP contribution in [-0.2, 0) is 19.5 Å². The highest BCUT2D eigenvalue weighted by Crippen LogP contribution is 2.23. The number of pyridine rings is 1. The summed E-state index contributed by atoms with van der Waals surface area (Å²) in [5, 5.41) is 4.67. The number of rotatable bonds is 5. The van der Waals surface area contributed by atoms with Crippen LogP contribution in [0.4, 0.5) is 0 Å². The second kappa shape index (κ2) is 6.46. The number of hydrogen-bond donors (Lipinski definition) is 1. The van der Waals surface area contributed by atoms with Gasteiger partial charge in [-0.2, -0.15) is 0 Å². The van der Waals surface area contributed by atoms with Gasteiger partial charge in [-0.15, -0.1) is 0 Å². The summed E-state index contributed by atoms with van der Waals surface area (Å²) >= 11 is 0. The van der Waals surface area contributed by atoms with Gasteiger partial charge in [0.1, 0.15) is 0 Å². The third-order valence-corrected chi connectivity index (χ3v) is 5.22. The molecule has 1 fully saturated rings. The maximum absolute atomic E-state index is 12.8. The van der Waals surface area contributed by atoms with Crippen LogP contribution in [0.1, 0.15) is 30.4 Å². The second-order valence-electron chi connectivity index (χ2n) is 6.81. The van der Waals surface area contributed by atoms with Crippen LogP contribution in [0, 0.1) is 0 Å². The molecule has 0 aliphatic carbocycles. The summed E-state index contributed by atoms with van der Waals surface area (Å²) in [7, 11) is 0. The van der Waals surface area contributed by atoms with Gasteiger partial charge in [-0.25, -0.2) is 0 Å². The highest BCUT2D eigenvalue weighted by molar-refractivity contribution is 5.83. The van der Waals surface area contributed by atoms with Crippen molar-refractivity contribution < 1.29 is 0 Å². The predicted molar refractivity (Wildman–Crippen MR) is 93.9 cm³/mol. The predicted octanol–water partition coefficient (Wildman–Crippen LogP) is 2.13. The number of aromatic nitrogens is 1. The molecule has 0 amide bonds. The van der Waals surface area contributed by atoms with Crippen LogP contribution in [0.15, 0.2) is 29.1 Å². The molecule has 2 aromatic rings. The molecular formula is C19H25N3O. The molecule has 0 atom stereocenters. The minimum atomic E-state index is 0.193. The van der Waals surface area contributed by atoms with Crippen LogP contribution < -0.4 is 10.9 Å². The zero-order valence-corrected chi connectivity index (χ0v) is 13.7. The largest absolute Gasteiger partial charge is 0.311 e. The third-order valence-electron chi connectivity index (χ3n) is 5.22. The van der Waals surface area contributed by atoms with E-state index < -0.39 is 0 Å². The molecule has 0 radical (unpaired) electrons. The molecule has 23 heavy (non-hydrogen) atoms. The zero-order valence-electron chi connectivity index (χ0n) is 13.7. The first kappa shape index (κ1) is 14.9. The van der Waals surface area contributed by atoms with Crippen molar-refractivity contribution >= 4 is 10.9 Å². The Morgan fingerprint density at radius 1 is 1.09 bits per heavy atom. The average molecular weight is 311 g/mol. The Bertz CT molecular complexity index is 759. The van der Waals surface area contributed by atoms with E-state index in [9.17, 15) is 4.79 Å². The van der Waals surface area contributed by atoms with E-state index in [0.29, 0.717) is 6.54 Å². The van der Waals surface area contributed by atoms with E-state index in [1.807, 2.05) is 4.57 Å². The van der Waals surface area contributed by atoms with E-state index in [4.69, 9.17) is 0 Å². The first-order valence-electron chi connectivity index (χ1n) is 8.90. The summed E-state index contributed by atoms with van der Waals surface area (Å²) in [5.41, 5.74) is 3.57. The number of nitrogens with zero attached hydrogens (tertiary/aromatic N) is 2. The van der Waals surface area contributed by atoms with Gasteiger partial charge in [-0.05, 0) is 55.8 Å². The number of likely N-dealkylation sites (tertiary alicyclic amines) is 1. The molecule has 1 saturated heterocycles. The average Bonchev–Trinajstić information content (AvgIpc) is 3.09. The van der Waals surface area contributed by atoms with Crippen molar-refractivity contribution in [3.8, 4) is 0 Å². The Morgan fingerprint density at radius 3 is 2.83 bits per heavy atom. The second-order valence-corrected chi connectivity index (χ2v) is 6.81. The van der Waals surface area contributed by atoms with Crippen molar-refractivity contribution in [1.82, 2.24) is 14.8 Å². The Labute approximate surface area is 137 Å². The number of para-hydroxylation sites is 1. The molecule has 122 valence electrons. The highest BCUT2D eigenvalue weighted by atomic mass is 16.1. The molecule has 4 rings (SSSR count). The maximum atomic E-state index is 12.8. The highest BCUT2D eigenvalue weighted by Gasteiger charge is 2.16. The topological polar surface area (TPSA) is 37.3 Å². The van der Waals surface area contributed by atoms with Gasteiger partial charge in [-0.1, -0.05) is 18.2 Å². The maximum Gasteiger partial charge on any atom is 0.255 e. The first-order valence-corrected chi connectivity index (χ1v) is 8.90. The minimum absolute atomic E-state index is 0.193. The van der Waals surface area contributed by atoms with E-state index in [0.717, 1.165) is 43.6 Å². The van der Waals surface area contributed by atoms with Crippen LogP contribution in [0.3, 0.4) is 0 Å². The zero-order chi connectivity index (χ0) is 15.6. The van der Waals surface area contributed by atoms with Gasteiger partial charge in [0.15, 0.2) is 0 Å². The van der Waals surface area contributed by atoms with Crippen molar-refractivity contribution in [1.29, 1.82) is 0 Å². The molecule has 4 heteroatoms. The molecule has 1 N–H and O–H groups in total. The van der Waals surface area contributed by atoms with E-state index in [2.05, 4.69) is 34.5 Å². The summed E-state index contributed by atoms with van der Waals surface area (Å²) in [6.45, 7) is 6.03. The first-order chi connectivity index (χ1) is 11.3. The lowest BCUT2D eigenvalue weighted by Gasteiger charge is -2.20. The molecule has 2 aliphatic rings. The van der Waals surface area contributed by atoms with E-state index in [1.165, 1.54) is 36.9 Å². The van der Waals surface area contributed by atoms with Crippen LogP contribution in [0.25, 0.3) is 10.9 Å². The van der Waals surface area contributed by atoms with Gasteiger partial charge in [0.25, 0.3) is 5.56 Å². The SMILES string of the molecule is O=c1c(CNCCN2CCCC2)cc2cccc3c2n1CCC3. The van der Waals surface area contributed by atoms with Gasteiger partial charge in [0, 0.05) is 31.7 Å². The Morgan fingerprint density at radius 2 is 1.96 bits per heavy atom. The summed E-state index contributed by atoms with van der Waals surface area (Å²) < 4.78 is 1.99. The molecule has 0 bridgehead atoms. The van der Waals surface area contributed by atoms with Crippen molar-refractivity contribution in [3.05, 3.63) is 45.7 Å². The summed E-state index contributed by atoms with van der Waals surface area (Å²) in [6, 6.07) is 8.49. The third kappa shape index (κ3) is 2.93. The van der Waals surface area contributed by atoms with Crippen LogP contribution in [0.2, 0.25) is 0 Å². The van der Waals surface area contributed by atoms with Gasteiger partial charge in [0.2, 0.25) is 0 Å². The molecule has 1 aromatic heterocycles.